The largest absolute Gasteiger partial charge is 0.329 e. The van der Waals surface area contributed by atoms with Crippen LogP contribution in [-0.4, -0.2) is 39.5 Å². The molecule has 1 aromatic heterocycles. The number of nitrogens with one attached hydrogen (secondary N) is 1. The van der Waals surface area contributed by atoms with Gasteiger partial charge in [0.25, 0.3) is 0 Å². The third kappa shape index (κ3) is 3.54. The number of hydrogen-bond acceptors (Lipinski definition) is 4. The van der Waals surface area contributed by atoms with Crippen molar-refractivity contribution in [2.75, 3.05) is 18.8 Å². The van der Waals surface area contributed by atoms with Crippen molar-refractivity contribution in [1.29, 1.82) is 0 Å². The van der Waals surface area contributed by atoms with E-state index in [0.717, 1.165) is 23.8 Å². The lowest BCUT2D eigenvalue weighted by Crippen LogP contribution is -2.53. The van der Waals surface area contributed by atoms with Gasteiger partial charge >= 0.3 is 6.03 Å². The van der Waals surface area contributed by atoms with Crippen molar-refractivity contribution in [1.82, 2.24) is 15.2 Å². The number of amides is 2. The van der Waals surface area contributed by atoms with Crippen LogP contribution in [0.4, 0.5) is 4.79 Å². The molecule has 21 heavy (non-hydrogen) atoms. The fraction of sp³-hybridized carbons (Fsp3) is 0.733. The molecule has 2 fully saturated rings. The molecule has 0 bridgehead atoms. The highest BCUT2D eigenvalue weighted by atomic mass is 32.2. The van der Waals surface area contributed by atoms with Crippen molar-refractivity contribution in [3.63, 3.8) is 0 Å². The number of thiazole rings is 1. The third-order valence-corrected chi connectivity index (χ3v) is 6.96. The van der Waals surface area contributed by atoms with Gasteiger partial charge in [-0.05, 0) is 19.8 Å². The van der Waals surface area contributed by atoms with E-state index in [-0.39, 0.29) is 12.1 Å². The lowest BCUT2D eigenvalue weighted by Gasteiger charge is -2.44. The van der Waals surface area contributed by atoms with Gasteiger partial charge < -0.3 is 10.2 Å². The number of rotatable bonds is 2. The number of nitrogens with zero attached hydrogens (tertiary/aromatic N) is 2. The van der Waals surface area contributed by atoms with Crippen molar-refractivity contribution in [3.8, 4) is 0 Å². The van der Waals surface area contributed by atoms with Gasteiger partial charge in [-0.3, -0.25) is 0 Å². The lowest BCUT2D eigenvalue weighted by atomic mass is 9.87. The van der Waals surface area contributed by atoms with E-state index in [4.69, 9.17) is 0 Å². The summed E-state index contributed by atoms with van der Waals surface area (Å²) in [5.74, 6) is 1.07. The first-order chi connectivity index (χ1) is 10.2. The average Bonchev–Trinajstić information content (AvgIpc) is 3.02. The Labute approximate surface area is 134 Å². The normalized spacial score (nSPS) is 23.0. The summed E-state index contributed by atoms with van der Waals surface area (Å²) in [6, 6.07) is 0.0670. The Morgan fingerprint density at radius 3 is 2.95 bits per heavy atom. The summed E-state index contributed by atoms with van der Waals surface area (Å²) in [4.78, 5) is 18.8. The molecule has 1 saturated carbocycles. The zero-order valence-electron chi connectivity index (χ0n) is 12.5. The molecule has 116 valence electrons. The number of hydrogen-bond donors (Lipinski definition) is 1. The van der Waals surface area contributed by atoms with Crippen molar-refractivity contribution in [2.45, 2.75) is 49.8 Å². The number of urea groups is 1. The molecule has 1 aliphatic heterocycles. The zero-order valence-corrected chi connectivity index (χ0v) is 14.1. The van der Waals surface area contributed by atoms with Crippen molar-refractivity contribution >= 4 is 29.1 Å². The molecule has 1 saturated heterocycles. The molecule has 0 unspecified atom stereocenters. The first kappa shape index (κ1) is 15.2. The van der Waals surface area contributed by atoms with Crippen molar-refractivity contribution in [3.05, 3.63) is 16.6 Å². The molecule has 0 radical (unpaired) electrons. The van der Waals surface area contributed by atoms with E-state index in [0.29, 0.717) is 4.75 Å². The minimum atomic E-state index is -0.00520. The molecule has 1 N–H and O–H groups in total. The van der Waals surface area contributed by atoms with E-state index in [1.165, 1.54) is 32.1 Å². The van der Waals surface area contributed by atoms with Gasteiger partial charge in [0, 0.05) is 35.2 Å². The standard InChI is InChI=1S/C15H23N3OS2/c1-12(13-16-7-9-20-13)17-14(19)18-8-10-21-15(11-18)5-3-2-4-6-15/h7,9,12H,2-6,8,10-11H2,1H3,(H,17,19)/t12-/m0/s1. The SMILES string of the molecule is C[C@H](NC(=O)N1CCSC2(CCCCC2)C1)c1nccs1. The molecule has 0 aromatic carbocycles. The van der Waals surface area contributed by atoms with Gasteiger partial charge in [-0.15, -0.1) is 11.3 Å². The maximum Gasteiger partial charge on any atom is 0.318 e. The Kier molecular flexibility index (Phi) is 4.74. The molecule has 1 spiro atoms. The van der Waals surface area contributed by atoms with E-state index < -0.39 is 0 Å². The van der Waals surface area contributed by atoms with Crippen molar-refractivity contribution in [2.24, 2.45) is 0 Å². The van der Waals surface area contributed by atoms with Crippen LogP contribution >= 0.6 is 23.1 Å². The molecule has 2 aliphatic rings. The van der Waals surface area contributed by atoms with E-state index in [1.807, 2.05) is 17.2 Å². The first-order valence-corrected chi connectivity index (χ1v) is 9.64. The zero-order chi connectivity index (χ0) is 14.7. The quantitative estimate of drug-likeness (QED) is 0.902. The summed E-state index contributed by atoms with van der Waals surface area (Å²) >= 11 is 3.69. The van der Waals surface area contributed by atoms with E-state index in [1.54, 1.807) is 17.5 Å². The topological polar surface area (TPSA) is 45.2 Å². The third-order valence-electron chi connectivity index (χ3n) is 4.46. The van der Waals surface area contributed by atoms with Gasteiger partial charge in [0.1, 0.15) is 5.01 Å². The minimum absolute atomic E-state index is 0.00520. The van der Waals surface area contributed by atoms with Crippen LogP contribution in [0, 0.1) is 0 Å². The maximum atomic E-state index is 12.5. The Hall–Kier alpha value is -0.750. The van der Waals surface area contributed by atoms with Crippen LogP contribution in [0.2, 0.25) is 0 Å². The smallest absolute Gasteiger partial charge is 0.318 e. The summed E-state index contributed by atoms with van der Waals surface area (Å²) in [6.45, 7) is 3.78. The van der Waals surface area contributed by atoms with Gasteiger partial charge in [0.15, 0.2) is 0 Å². The van der Waals surface area contributed by atoms with Gasteiger partial charge in [-0.2, -0.15) is 11.8 Å². The molecule has 2 amide bonds. The first-order valence-electron chi connectivity index (χ1n) is 7.77. The number of carbonyl (C=O) groups excluding carboxylic acids is 1. The molecule has 1 atom stereocenters. The van der Waals surface area contributed by atoms with E-state index in [2.05, 4.69) is 22.1 Å². The predicted octanol–water partition coefficient (Wildman–Crippen LogP) is 3.67. The molecule has 1 aliphatic carbocycles. The second-order valence-corrected chi connectivity index (χ2v) is 8.54. The van der Waals surface area contributed by atoms with Gasteiger partial charge in [0.05, 0.1) is 6.04 Å². The van der Waals surface area contributed by atoms with E-state index in [9.17, 15) is 4.79 Å². The Morgan fingerprint density at radius 1 is 1.43 bits per heavy atom. The molecule has 2 heterocycles. The Morgan fingerprint density at radius 2 is 2.24 bits per heavy atom. The molecule has 4 nitrogen and oxygen atoms in total. The van der Waals surface area contributed by atoms with Crippen LogP contribution < -0.4 is 5.32 Å². The fourth-order valence-electron chi connectivity index (χ4n) is 3.30. The summed E-state index contributed by atoms with van der Waals surface area (Å²) in [5, 5.41) is 6.02. The summed E-state index contributed by atoms with van der Waals surface area (Å²) in [5.41, 5.74) is 0. The van der Waals surface area contributed by atoms with Crippen molar-refractivity contribution < 1.29 is 4.79 Å². The molecular formula is C15H23N3OS2. The number of aromatic nitrogens is 1. The maximum absolute atomic E-state index is 12.5. The van der Waals surface area contributed by atoms with Crippen LogP contribution in [0.25, 0.3) is 0 Å². The highest BCUT2D eigenvalue weighted by Gasteiger charge is 2.38. The summed E-state index contributed by atoms with van der Waals surface area (Å²) in [7, 11) is 0. The molecule has 1 aromatic rings. The summed E-state index contributed by atoms with van der Waals surface area (Å²) in [6.07, 6.45) is 8.32. The average molecular weight is 326 g/mol. The Bertz CT molecular complexity index is 466. The number of thioether (sulfide) groups is 1. The van der Waals surface area contributed by atoms with Crippen LogP contribution in [0.1, 0.15) is 50.1 Å². The van der Waals surface area contributed by atoms with Gasteiger partial charge in [-0.1, -0.05) is 19.3 Å². The van der Waals surface area contributed by atoms with Crippen LogP contribution in [-0.2, 0) is 0 Å². The minimum Gasteiger partial charge on any atom is -0.329 e. The van der Waals surface area contributed by atoms with E-state index >= 15 is 0 Å². The highest BCUT2D eigenvalue weighted by molar-refractivity contribution is 8.00. The molecular weight excluding hydrogens is 302 g/mol. The second kappa shape index (κ2) is 6.57. The highest BCUT2D eigenvalue weighted by Crippen LogP contribution is 2.42. The molecule has 6 heteroatoms. The number of carbonyl (C=O) groups is 1. The lowest BCUT2D eigenvalue weighted by molar-refractivity contribution is 0.182. The van der Waals surface area contributed by atoms with Gasteiger partial charge in [-0.25, -0.2) is 9.78 Å². The fourth-order valence-corrected chi connectivity index (χ4v) is 5.52. The van der Waals surface area contributed by atoms with Crippen LogP contribution in [0.3, 0.4) is 0 Å². The predicted molar refractivity (Wildman–Crippen MR) is 88.9 cm³/mol. The molecule has 3 rings (SSSR count). The van der Waals surface area contributed by atoms with Gasteiger partial charge in [0.2, 0.25) is 0 Å². The van der Waals surface area contributed by atoms with Crippen LogP contribution in [0.5, 0.6) is 0 Å². The Balaban J connectivity index is 1.59. The van der Waals surface area contributed by atoms with Crippen LogP contribution in [0.15, 0.2) is 11.6 Å². The monoisotopic (exact) mass is 325 g/mol. The summed E-state index contributed by atoms with van der Waals surface area (Å²) < 4.78 is 0.332. The second-order valence-electron chi connectivity index (χ2n) is 6.06.